The first-order valence-electron chi connectivity index (χ1n) is 8.55. The minimum Gasteiger partial charge on any atom is -0.352 e. The molecule has 2 N–H and O–H groups in total. The van der Waals surface area contributed by atoms with Crippen LogP contribution in [0.5, 0.6) is 0 Å². The lowest BCUT2D eigenvalue weighted by molar-refractivity contribution is -0.143. The molecule has 5 nitrogen and oxygen atoms in total. The summed E-state index contributed by atoms with van der Waals surface area (Å²) in [6, 6.07) is 0.252. The lowest BCUT2D eigenvalue weighted by Gasteiger charge is -2.33. The van der Waals surface area contributed by atoms with Crippen LogP contribution in [-0.2, 0) is 9.59 Å². The molecule has 21 heavy (non-hydrogen) atoms. The van der Waals surface area contributed by atoms with E-state index in [9.17, 15) is 9.59 Å². The van der Waals surface area contributed by atoms with Gasteiger partial charge in [-0.2, -0.15) is 0 Å². The average molecular weight is 293 g/mol. The standard InChI is InChI=1S/C16H27N3O2/c20-15(18-12-7-8-17-11-12)13-5-1-2-6-14(13)16(21)19-9-3-4-10-19/h12-14,17H,1-11H2,(H,18,20). The van der Waals surface area contributed by atoms with Crippen molar-refractivity contribution in [2.45, 2.75) is 51.0 Å². The van der Waals surface area contributed by atoms with Gasteiger partial charge in [-0.15, -0.1) is 0 Å². The number of carbonyl (C=O) groups excluding carboxylic acids is 2. The van der Waals surface area contributed by atoms with Gasteiger partial charge in [-0.05, 0) is 38.6 Å². The van der Waals surface area contributed by atoms with Crippen molar-refractivity contribution in [1.82, 2.24) is 15.5 Å². The van der Waals surface area contributed by atoms with Crippen LogP contribution in [0.15, 0.2) is 0 Å². The van der Waals surface area contributed by atoms with E-state index < -0.39 is 0 Å². The number of nitrogens with one attached hydrogen (secondary N) is 2. The number of amides is 2. The molecule has 0 aromatic carbocycles. The number of nitrogens with zero attached hydrogens (tertiary/aromatic N) is 1. The van der Waals surface area contributed by atoms with Gasteiger partial charge in [0.15, 0.2) is 0 Å². The molecule has 0 bridgehead atoms. The Kier molecular flexibility index (Phi) is 4.78. The monoisotopic (exact) mass is 293 g/mol. The Bertz CT molecular complexity index is 387. The second kappa shape index (κ2) is 6.77. The van der Waals surface area contributed by atoms with Gasteiger partial charge >= 0.3 is 0 Å². The first-order valence-corrected chi connectivity index (χ1v) is 8.55. The Morgan fingerprint density at radius 1 is 0.952 bits per heavy atom. The number of hydrogen-bond acceptors (Lipinski definition) is 3. The quantitative estimate of drug-likeness (QED) is 0.812. The molecule has 2 saturated heterocycles. The summed E-state index contributed by atoms with van der Waals surface area (Å²) in [6.07, 6.45) is 7.14. The number of rotatable bonds is 3. The second-order valence-electron chi connectivity index (χ2n) is 6.73. The Hall–Kier alpha value is -1.10. The Morgan fingerprint density at radius 2 is 1.67 bits per heavy atom. The van der Waals surface area contributed by atoms with Crippen molar-refractivity contribution in [3.05, 3.63) is 0 Å². The van der Waals surface area contributed by atoms with Crippen molar-refractivity contribution in [1.29, 1.82) is 0 Å². The largest absolute Gasteiger partial charge is 0.352 e. The maximum absolute atomic E-state index is 12.7. The summed E-state index contributed by atoms with van der Waals surface area (Å²) in [7, 11) is 0. The van der Waals surface area contributed by atoms with Gasteiger partial charge in [-0.1, -0.05) is 12.8 Å². The van der Waals surface area contributed by atoms with E-state index in [1.165, 1.54) is 0 Å². The van der Waals surface area contributed by atoms with Gasteiger partial charge in [-0.25, -0.2) is 0 Å². The highest BCUT2D eigenvalue weighted by Crippen LogP contribution is 2.32. The van der Waals surface area contributed by atoms with Crippen LogP contribution in [0.4, 0.5) is 0 Å². The van der Waals surface area contributed by atoms with Crippen LogP contribution in [0.1, 0.15) is 44.9 Å². The van der Waals surface area contributed by atoms with Crippen molar-refractivity contribution in [2.24, 2.45) is 11.8 Å². The molecule has 2 aliphatic heterocycles. The lowest BCUT2D eigenvalue weighted by Crippen LogP contribution is -2.47. The molecule has 2 heterocycles. The minimum atomic E-state index is -0.104. The van der Waals surface area contributed by atoms with E-state index in [1.807, 2.05) is 4.90 Å². The summed E-state index contributed by atoms with van der Waals surface area (Å²) in [5.41, 5.74) is 0. The minimum absolute atomic E-state index is 0.0776. The number of hydrogen-bond donors (Lipinski definition) is 2. The van der Waals surface area contributed by atoms with Crippen molar-refractivity contribution < 1.29 is 9.59 Å². The van der Waals surface area contributed by atoms with Crippen LogP contribution in [0.25, 0.3) is 0 Å². The zero-order valence-corrected chi connectivity index (χ0v) is 12.8. The maximum Gasteiger partial charge on any atom is 0.226 e. The van der Waals surface area contributed by atoms with Gasteiger partial charge in [0.1, 0.15) is 0 Å². The van der Waals surface area contributed by atoms with Crippen LogP contribution >= 0.6 is 0 Å². The van der Waals surface area contributed by atoms with Crippen molar-refractivity contribution in [3.8, 4) is 0 Å². The third-order valence-electron chi connectivity index (χ3n) is 5.24. The first kappa shape index (κ1) is 14.8. The van der Waals surface area contributed by atoms with E-state index in [1.54, 1.807) is 0 Å². The summed E-state index contributed by atoms with van der Waals surface area (Å²) in [5.74, 6) is 0.163. The van der Waals surface area contributed by atoms with Crippen LogP contribution < -0.4 is 10.6 Å². The van der Waals surface area contributed by atoms with Gasteiger partial charge in [-0.3, -0.25) is 9.59 Å². The summed E-state index contributed by atoms with van der Waals surface area (Å²) >= 11 is 0. The van der Waals surface area contributed by atoms with Crippen LogP contribution in [0, 0.1) is 11.8 Å². The molecule has 3 unspecified atom stereocenters. The number of likely N-dealkylation sites (tertiary alicyclic amines) is 1. The predicted molar refractivity (Wildman–Crippen MR) is 80.7 cm³/mol. The zero-order valence-electron chi connectivity index (χ0n) is 12.8. The van der Waals surface area contributed by atoms with Crippen LogP contribution in [0.2, 0.25) is 0 Å². The molecule has 2 amide bonds. The fraction of sp³-hybridized carbons (Fsp3) is 0.875. The normalized spacial score (nSPS) is 33.1. The predicted octanol–water partition coefficient (Wildman–Crippen LogP) is 0.893. The van der Waals surface area contributed by atoms with E-state index in [0.717, 1.165) is 71.1 Å². The van der Waals surface area contributed by atoms with Gasteiger partial charge < -0.3 is 15.5 Å². The molecular weight excluding hydrogens is 266 g/mol. The van der Waals surface area contributed by atoms with E-state index in [4.69, 9.17) is 0 Å². The molecule has 0 aromatic rings. The van der Waals surface area contributed by atoms with Crippen LogP contribution in [-0.4, -0.2) is 48.9 Å². The molecule has 0 aromatic heterocycles. The lowest BCUT2D eigenvalue weighted by atomic mass is 9.77. The second-order valence-corrected chi connectivity index (χ2v) is 6.73. The molecule has 3 aliphatic rings. The third-order valence-corrected chi connectivity index (χ3v) is 5.24. The highest BCUT2D eigenvalue weighted by molar-refractivity contribution is 5.88. The summed E-state index contributed by atoms with van der Waals surface area (Å²) in [6.45, 7) is 3.61. The first-order chi connectivity index (χ1) is 10.3. The molecule has 0 radical (unpaired) electrons. The number of carbonyl (C=O) groups is 2. The fourth-order valence-corrected chi connectivity index (χ4v) is 4.00. The molecule has 1 saturated carbocycles. The van der Waals surface area contributed by atoms with E-state index in [-0.39, 0.29) is 29.7 Å². The van der Waals surface area contributed by atoms with E-state index in [2.05, 4.69) is 10.6 Å². The topological polar surface area (TPSA) is 61.4 Å². The molecule has 3 rings (SSSR count). The molecule has 118 valence electrons. The zero-order chi connectivity index (χ0) is 14.7. The van der Waals surface area contributed by atoms with Crippen molar-refractivity contribution >= 4 is 11.8 Å². The van der Waals surface area contributed by atoms with Crippen LogP contribution in [0.3, 0.4) is 0 Å². The average Bonchev–Trinajstić information content (AvgIpc) is 3.19. The molecular formula is C16H27N3O2. The van der Waals surface area contributed by atoms with E-state index in [0.29, 0.717) is 0 Å². The fourth-order valence-electron chi connectivity index (χ4n) is 4.00. The molecule has 3 fully saturated rings. The highest BCUT2D eigenvalue weighted by atomic mass is 16.2. The SMILES string of the molecule is O=C(NC1CCNC1)C1CCCCC1C(=O)N1CCCC1. The van der Waals surface area contributed by atoms with Gasteiger partial charge in [0.25, 0.3) is 0 Å². The summed E-state index contributed by atoms with van der Waals surface area (Å²) in [4.78, 5) is 27.2. The molecule has 3 atom stereocenters. The Morgan fingerprint density at radius 3 is 2.33 bits per heavy atom. The van der Waals surface area contributed by atoms with Gasteiger partial charge in [0, 0.05) is 37.5 Å². The molecule has 0 spiro atoms. The van der Waals surface area contributed by atoms with Crippen molar-refractivity contribution in [3.63, 3.8) is 0 Å². The smallest absolute Gasteiger partial charge is 0.226 e. The summed E-state index contributed by atoms with van der Waals surface area (Å²) in [5, 5.41) is 6.42. The van der Waals surface area contributed by atoms with Gasteiger partial charge in [0.2, 0.25) is 11.8 Å². The molecule has 5 heteroatoms. The van der Waals surface area contributed by atoms with Crippen molar-refractivity contribution in [2.75, 3.05) is 26.2 Å². The molecule has 1 aliphatic carbocycles. The van der Waals surface area contributed by atoms with Gasteiger partial charge in [0.05, 0.1) is 0 Å². The summed E-state index contributed by atoms with van der Waals surface area (Å²) < 4.78 is 0. The Balaban J connectivity index is 1.62. The maximum atomic E-state index is 12.7. The third kappa shape index (κ3) is 3.39. The Labute approximate surface area is 126 Å². The highest BCUT2D eigenvalue weighted by Gasteiger charge is 2.38. The van der Waals surface area contributed by atoms with E-state index >= 15 is 0 Å².